The first-order valence-corrected chi connectivity index (χ1v) is 5.78. The Bertz CT molecular complexity index is 547. The molecule has 0 unspecified atom stereocenters. The Hall–Kier alpha value is -2.19. The number of carbonyl (C=O) groups excluding carboxylic acids is 1. The standard InChI is InChI=1S/C12H10F5NO3/c13-7-6(8(14)10(16)11(17)9(7)15)12(21)18-4-2-1-3-5(19)20/h1-4H2,(H,18,21)(H,19,20). The molecule has 0 aliphatic heterocycles. The monoisotopic (exact) mass is 311 g/mol. The molecular weight excluding hydrogens is 301 g/mol. The minimum absolute atomic E-state index is 0.161. The van der Waals surface area contributed by atoms with Gasteiger partial charge in [0, 0.05) is 13.0 Å². The minimum Gasteiger partial charge on any atom is -0.481 e. The Labute approximate surface area is 115 Å². The highest BCUT2D eigenvalue weighted by Crippen LogP contribution is 2.22. The van der Waals surface area contributed by atoms with Crippen molar-refractivity contribution < 1.29 is 36.6 Å². The quantitative estimate of drug-likeness (QED) is 0.367. The van der Waals surface area contributed by atoms with Crippen molar-refractivity contribution in [2.24, 2.45) is 0 Å². The third kappa shape index (κ3) is 3.89. The number of hydrogen-bond acceptors (Lipinski definition) is 2. The summed E-state index contributed by atoms with van der Waals surface area (Å²) >= 11 is 0. The predicted molar refractivity (Wildman–Crippen MR) is 60.1 cm³/mol. The summed E-state index contributed by atoms with van der Waals surface area (Å²) in [6.07, 6.45) is 0.193. The molecule has 1 amide bonds. The summed E-state index contributed by atoms with van der Waals surface area (Å²) in [7, 11) is 0. The molecule has 0 aliphatic rings. The van der Waals surface area contributed by atoms with Gasteiger partial charge in [-0.3, -0.25) is 9.59 Å². The number of aliphatic carboxylic acids is 1. The molecule has 0 spiro atoms. The Balaban J connectivity index is 2.77. The summed E-state index contributed by atoms with van der Waals surface area (Å²) in [5.41, 5.74) is -1.57. The second-order valence-electron chi connectivity index (χ2n) is 4.05. The maximum absolute atomic E-state index is 13.3. The smallest absolute Gasteiger partial charge is 0.303 e. The van der Waals surface area contributed by atoms with E-state index in [0.717, 1.165) is 0 Å². The van der Waals surface area contributed by atoms with Gasteiger partial charge in [-0.1, -0.05) is 0 Å². The summed E-state index contributed by atoms with van der Waals surface area (Å²) in [5.74, 6) is -13.7. The molecular formula is C12H10F5NO3. The molecule has 21 heavy (non-hydrogen) atoms. The zero-order valence-corrected chi connectivity index (χ0v) is 10.5. The molecule has 0 aromatic heterocycles. The van der Waals surface area contributed by atoms with E-state index in [1.165, 1.54) is 0 Å². The van der Waals surface area contributed by atoms with Crippen LogP contribution in [0.3, 0.4) is 0 Å². The lowest BCUT2D eigenvalue weighted by molar-refractivity contribution is -0.137. The number of unbranched alkanes of at least 4 members (excludes halogenated alkanes) is 1. The largest absolute Gasteiger partial charge is 0.481 e. The van der Waals surface area contributed by atoms with Crippen LogP contribution in [-0.2, 0) is 4.79 Å². The highest BCUT2D eigenvalue weighted by Gasteiger charge is 2.29. The van der Waals surface area contributed by atoms with Crippen molar-refractivity contribution in [2.75, 3.05) is 6.54 Å². The van der Waals surface area contributed by atoms with Gasteiger partial charge in [0.1, 0.15) is 5.56 Å². The van der Waals surface area contributed by atoms with Crippen LogP contribution in [0.2, 0.25) is 0 Å². The Morgan fingerprint density at radius 2 is 1.33 bits per heavy atom. The first kappa shape index (κ1) is 16.9. The first-order valence-electron chi connectivity index (χ1n) is 5.78. The molecule has 0 saturated carbocycles. The van der Waals surface area contributed by atoms with Crippen LogP contribution in [0.1, 0.15) is 29.6 Å². The topological polar surface area (TPSA) is 66.4 Å². The van der Waals surface area contributed by atoms with Crippen LogP contribution in [0.25, 0.3) is 0 Å². The van der Waals surface area contributed by atoms with E-state index in [9.17, 15) is 31.5 Å². The lowest BCUT2D eigenvalue weighted by Crippen LogP contribution is -2.28. The van der Waals surface area contributed by atoms with E-state index in [0.29, 0.717) is 0 Å². The molecule has 1 rings (SSSR count). The van der Waals surface area contributed by atoms with Crippen molar-refractivity contribution in [2.45, 2.75) is 19.3 Å². The molecule has 0 saturated heterocycles. The van der Waals surface area contributed by atoms with Gasteiger partial charge in [0.05, 0.1) is 0 Å². The predicted octanol–water partition coefficient (Wildman–Crippen LogP) is 2.37. The molecule has 0 atom stereocenters. The van der Waals surface area contributed by atoms with Gasteiger partial charge >= 0.3 is 5.97 Å². The summed E-state index contributed by atoms with van der Waals surface area (Å²) in [5, 5.41) is 10.3. The third-order valence-corrected chi connectivity index (χ3v) is 2.54. The van der Waals surface area contributed by atoms with Crippen LogP contribution in [0.4, 0.5) is 22.0 Å². The van der Waals surface area contributed by atoms with Crippen molar-refractivity contribution in [1.82, 2.24) is 5.32 Å². The Morgan fingerprint density at radius 1 is 0.857 bits per heavy atom. The average Bonchev–Trinajstić information content (AvgIpc) is 2.42. The number of nitrogens with one attached hydrogen (secondary N) is 1. The van der Waals surface area contributed by atoms with Crippen molar-refractivity contribution >= 4 is 11.9 Å². The number of rotatable bonds is 6. The summed E-state index contributed by atoms with van der Waals surface area (Å²) in [4.78, 5) is 21.6. The summed E-state index contributed by atoms with van der Waals surface area (Å²) < 4.78 is 65.1. The number of halogens is 5. The van der Waals surface area contributed by atoms with Crippen LogP contribution < -0.4 is 5.32 Å². The number of carbonyl (C=O) groups is 2. The number of amides is 1. The van der Waals surface area contributed by atoms with E-state index >= 15 is 0 Å². The first-order chi connectivity index (χ1) is 9.77. The van der Waals surface area contributed by atoms with E-state index in [1.807, 2.05) is 5.32 Å². The van der Waals surface area contributed by atoms with E-state index in [-0.39, 0.29) is 25.8 Å². The van der Waals surface area contributed by atoms with Gasteiger partial charge in [0.25, 0.3) is 5.91 Å². The summed E-state index contributed by atoms with van der Waals surface area (Å²) in [6, 6.07) is 0. The van der Waals surface area contributed by atoms with Crippen LogP contribution in [-0.4, -0.2) is 23.5 Å². The number of benzene rings is 1. The van der Waals surface area contributed by atoms with Gasteiger partial charge < -0.3 is 10.4 Å². The second-order valence-corrected chi connectivity index (χ2v) is 4.05. The molecule has 0 fully saturated rings. The van der Waals surface area contributed by atoms with E-state index < -0.39 is 46.5 Å². The fraction of sp³-hybridized carbons (Fsp3) is 0.333. The molecule has 0 heterocycles. The van der Waals surface area contributed by atoms with Crippen molar-refractivity contribution in [1.29, 1.82) is 0 Å². The minimum atomic E-state index is -2.34. The van der Waals surface area contributed by atoms with Crippen molar-refractivity contribution in [3.63, 3.8) is 0 Å². The molecule has 9 heteroatoms. The van der Waals surface area contributed by atoms with Crippen molar-refractivity contribution in [3.05, 3.63) is 34.6 Å². The molecule has 2 N–H and O–H groups in total. The maximum Gasteiger partial charge on any atom is 0.303 e. The van der Waals surface area contributed by atoms with Gasteiger partial charge in [-0.15, -0.1) is 0 Å². The molecule has 4 nitrogen and oxygen atoms in total. The molecule has 0 aliphatic carbocycles. The molecule has 1 aromatic carbocycles. The highest BCUT2D eigenvalue weighted by molar-refractivity contribution is 5.94. The normalized spacial score (nSPS) is 10.5. The van der Waals surface area contributed by atoms with Crippen LogP contribution >= 0.6 is 0 Å². The van der Waals surface area contributed by atoms with Gasteiger partial charge in [0.15, 0.2) is 23.3 Å². The number of hydrogen-bond donors (Lipinski definition) is 2. The molecule has 1 aromatic rings. The maximum atomic E-state index is 13.3. The Morgan fingerprint density at radius 3 is 1.81 bits per heavy atom. The average molecular weight is 311 g/mol. The van der Waals surface area contributed by atoms with Crippen LogP contribution in [0.5, 0.6) is 0 Å². The molecule has 0 bridgehead atoms. The summed E-state index contributed by atoms with van der Waals surface area (Å²) in [6.45, 7) is -0.161. The third-order valence-electron chi connectivity index (χ3n) is 2.54. The second kappa shape index (κ2) is 7.00. The van der Waals surface area contributed by atoms with Gasteiger partial charge in [-0.25, -0.2) is 22.0 Å². The zero-order valence-electron chi connectivity index (χ0n) is 10.5. The lowest BCUT2D eigenvalue weighted by atomic mass is 10.1. The van der Waals surface area contributed by atoms with Gasteiger partial charge in [0.2, 0.25) is 5.82 Å². The SMILES string of the molecule is O=C(O)CCCCNC(=O)c1c(F)c(F)c(F)c(F)c1F. The van der Waals surface area contributed by atoms with E-state index in [1.54, 1.807) is 0 Å². The van der Waals surface area contributed by atoms with E-state index in [4.69, 9.17) is 5.11 Å². The molecule has 0 radical (unpaired) electrons. The fourth-order valence-corrected chi connectivity index (χ4v) is 1.50. The lowest BCUT2D eigenvalue weighted by Gasteiger charge is -2.08. The number of carboxylic acids is 1. The van der Waals surface area contributed by atoms with Crippen LogP contribution in [0.15, 0.2) is 0 Å². The fourth-order valence-electron chi connectivity index (χ4n) is 1.50. The van der Waals surface area contributed by atoms with Gasteiger partial charge in [-0.2, -0.15) is 0 Å². The number of carboxylic acid groups (broad SMARTS) is 1. The zero-order chi connectivity index (χ0) is 16.2. The molecule has 116 valence electrons. The van der Waals surface area contributed by atoms with Crippen LogP contribution in [0, 0.1) is 29.1 Å². The Kier molecular flexibility index (Phi) is 5.62. The van der Waals surface area contributed by atoms with Crippen molar-refractivity contribution in [3.8, 4) is 0 Å². The van der Waals surface area contributed by atoms with E-state index in [2.05, 4.69) is 0 Å². The van der Waals surface area contributed by atoms with Gasteiger partial charge in [-0.05, 0) is 12.8 Å². The highest BCUT2D eigenvalue weighted by atomic mass is 19.2.